The predicted molar refractivity (Wildman–Crippen MR) is 58.1 cm³/mol. The Morgan fingerprint density at radius 1 is 1.38 bits per heavy atom. The van der Waals surface area contributed by atoms with E-state index in [2.05, 4.69) is 4.74 Å². The fraction of sp³-hybridized carbons (Fsp3) is 0.417. The molecule has 1 atom stereocenters. The van der Waals surface area contributed by atoms with Crippen molar-refractivity contribution in [2.24, 2.45) is 0 Å². The van der Waals surface area contributed by atoms with Gasteiger partial charge in [-0.25, -0.2) is 4.79 Å². The molecule has 0 saturated carbocycles. The van der Waals surface area contributed by atoms with Crippen molar-refractivity contribution in [3.8, 4) is 5.75 Å². The quantitative estimate of drug-likeness (QED) is 0.740. The fourth-order valence-corrected chi connectivity index (χ4v) is 1.16. The third-order valence-corrected chi connectivity index (χ3v) is 2.19. The van der Waals surface area contributed by atoms with Crippen molar-refractivity contribution in [3.05, 3.63) is 29.3 Å². The average molecular weight is 226 g/mol. The van der Waals surface area contributed by atoms with Crippen molar-refractivity contribution in [1.29, 1.82) is 0 Å². The van der Waals surface area contributed by atoms with Crippen LogP contribution in [0.15, 0.2) is 18.2 Å². The molecule has 0 amide bonds. The van der Waals surface area contributed by atoms with E-state index in [0.29, 0.717) is 5.75 Å². The van der Waals surface area contributed by atoms with Gasteiger partial charge in [0.25, 0.3) is 0 Å². The van der Waals surface area contributed by atoms with Crippen LogP contribution in [0.1, 0.15) is 18.1 Å². The molecular weight excluding hydrogens is 211 g/mol. The zero-order valence-electron chi connectivity index (χ0n) is 9.62. The molecule has 0 spiro atoms. The molecule has 3 nitrogen and oxygen atoms in total. The smallest absolute Gasteiger partial charge is 0.381 e. The molecule has 0 fully saturated rings. The van der Waals surface area contributed by atoms with Crippen molar-refractivity contribution in [1.82, 2.24) is 0 Å². The van der Waals surface area contributed by atoms with Crippen LogP contribution in [-0.4, -0.2) is 18.9 Å². The van der Waals surface area contributed by atoms with Crippen molar-refractivity contribution in [2.75, 3.05) is 6.61 Å². The Balaban J connectivity index is 2.66. The molecule has 0 saturated heterocycles. The molecule has 0 N–H and O–H groups in total. The number of alkyl halides is 1. The number of benzene rings is 1. The number of ether oxygens (including phenoxy) is 2. The number of hydrogen-bond acceptors (Lipinski definition) is 3. The van der Waals surface area contributed by atoms with Gasteiger partial charge in [0.1, 0.15) is 5.75 Å². The predicted octanol–water partition coefficient (Wildman–Crippen LogP) is 2.54. The van der Waals surface area contributed by atoms with E-state index in [0.717, 1.165) is 11.1 Å². The first-order chi connectivity index (χ1) is 7.54. The fourth-order valence-electron chi connectivity index (χ4n) is 1.16. The Morgan fingerprint density at radius 3 is 2.62 bits per heavy atom. The second kappa shape index (κ2) is 5.49. The Bertz CT molecular complexity index is 377. The van der Waals surface area contributed by atoms with Crippen LogP contribution in [0.2, 0.25) is 0 Å². The van der Waals surface area contributed by atoms with Gasteiger partial charge in [-0.05, 0) is 44.0 Å². The molecule has 1 unspecified atom stereocenters. The normalized spacial score (nSPS) is 12.0. The van der Waals surface area contributed by atoms with E-state index >= 15 is 0 Å². The molecule has 16 heavy (non-hydrogen) atoms. The summed E-state index contributed by atoms with van der Waals surface area (Å²) in [7, 11) is 0. The highest BCUT2D eigenvalue weighted by molar-refractivity contribution is 5.73. The summed E-state index contributed by atoms with van der Waals surface area (Å²) in [5, 5.41) is 0. The monoisotopic (exact) mass is 226 g/mol. The second-order valence-corrected chi connectivity index (χ2v) is 3.43. The summed E-state index contributed by atoms with van der Waals surface area (Å²) in [6.45, 7) is 5.58. The van der Waals surface area contributed by atoms with Crippen LogP contribution < -0.4 is 4.74 Å². The van der Waals surface area contributed by atoms with Gasteiger partial charge in [0.15, 0.2) is 0 Å². The molecule has 88 valence electrons. The van der Waals surface area contributed by atoms with Gasteiger partial charge in [0.2, 0.25) is 0 Å². The lowest BCUT2D eigenvalue weighted by Crippen LogP contribution is -2.24. The lowest BCUT2D eigenvalue weighted by atomic mass is 10.1. The standard InChI is InChI=1S/C12H15FO3/c1-4-15-12(14)11(13)16-10-6-5-8(2)9(3)7-10/h5-7,11H,4H2,1-3H3. The molecule has 0 aliphatic heterocycles. The van der Waals surface area contributed by atoms with Gasteiger partial charge in [0, 0.05) is 0 Å². The molecule has 0 aromatic heterocycles. The van der Waals surface area contributed by atoms with Crippen molar-refractivity contribution < 1.29 is 18.7 Å². The van der Waals surface area contributed by atoms with E-state index in [1.54, 1.807) is 19.1 Å². The van der Waals surface area contributed by atoms with E-state index in [4.69, 9.17) is 4.74 Å². The average Bonchev–Trinajstić information content (AvgIpc) is 2.24. The highest BCUT2D eigenvalue weighted by Crippen LogP contribution is 2.18. The highest BCUT2D eigenvalue weighted by atomic mass is 19.1. The number of aryl methyl sites for hydroxylation is 2. The SMILES string of the molecule is CCOC(=O)C(F)Oc1ccc(C)c(C)c1. The van der Waals surface area contributed by atoms with Gasteiger partial charge < -0.3 is 9.47 Å². The number of hydrogen-bond donors (Lipinski definition) is 0. The molecule has 1 rings (SSSR count). The van der Waals surface area contributed by atoms with Crippen LogP contribution in [-0.2, 0) is 9.53 Å². The number of carbonyl (C=O) groups excluding carboxylic acids is 1. The third-order valence-electron chi connectivity index (χ3n) is 2.19. The molecule has 0 radical (unpaired) electrons. The Kier molecular flexibility index (Phi) is 4.28. The van der Waals surface area contributed by atoms with E-state index in [9.17, 15) is 9.18 Å². The molecule has 4 heteroatoms. The summed E-state index contributed by atoms with van der Waals surface area (Å²) in [6.07, 6.45) is -2.07. The minimum Gasteiger partial charge on any atom is -0.461 e. The van der Waals surface area contributed by atoms with E-state index in [-0.39, 0.29) is 6.61 Å². The number of halogens is 1. The van der Waals surface area contributed by atoms with Crippen LogP contribution >= 0.6 is 0 Å². The zero-order chi connectivity index (χ0) is 12.1. The maximum atomic E-state index is 13.2. The molecule has 0 heterocycles. The minimum atomic E-state index is -2.07. The van der Waals surface area contributed by atoms with Gasteiger partial charge in [-0.3, -0.25) is 0 Å². The summed E-state index contributed by atoms with van der Waals surface area (Å²) < 4.78 is 22.5. The zero-order valence-corrected chi connectivity index (χ0v) is 9.62. The third kappa shape index (κ3) is 3.22. The minimum absolute atomic E-state index is 0.134. The molecule has 1 aromatic carbocycles. The topological polar surface area (TPSA) is 35.5 Å². The van der Waals surface area contributed by atoms with Crippen LogP contribution in [0.25, 0.3) is 0 Å². The molecule has 1 aromatic rings. The molecular formula is C12H15FO3. The van der Waals surface area contributed by atoms with Crippen LogP contribution in [0.3, 0.4) is 0 Å². The van der Waals surface area contributed by atoms with Crippen molar-refractivity contribution >= 4 is 5.97 Å². The first kappa shape index (κ1) is 12.5. The highest BCUT2D eigenvalue weighted by Gasteiger charge is 2.20. The van der Waals surface area contributed by atoms with Gasteiger partial charge in [-0.15, -0.1) is 0 Å². The van der Waals surface area contributed by atoms with E-state index < -0.39 is 12.3 Å². The van der Waals surface area contributed by atoms with Crippen molar-refractivity contribution in [3.63, 3.8) is 0 Å². The van der Waals surface area contributed by atoms with Crippen LogP contribution in [0.4, 0.5) is 4.39 Å². The van der Waals surface area contributed by atoms with Crippen molar-refractivity contribution in [2.45, 2.75) is 27.1 Å². The maximum absolute atomic E-state index is 13.2. The summed E-state index contributed by atoms with van der Waals surface area (Å²) in [5.41, 5.74) is 2.06. The van der Waals surface area contributed by atoms with Crippen LogP contribution in [0, 0.1) is 13.8 Å². The lowest BCUT2D eigenvalue weighted by molar-refractivity contribution is -0.159. The summed E-state index contributed by atoms with van der Waals surface area (Å²) in [4.78, 5) is 11.0. The Labute approximate surface area is 94.2 Å². The largest absolute Gasteiger partial charge is 0.461 e. The maximum Gasteiger partial charge on any atom is 0.381 e. The van der Waals surface area contributed by atoms with E-state index in [1.807, 2.05) is 19.9 Å². The van der Waals surface area contributed by atoms with Gasteiger partial charge in [-0.2, -0.15) is 4.39 Å². The van der Waals surface area contributed by atoms with E-state index in [1.165, 1.54) is 0 Å². The summed E-state index contributed by atoms with van der Waals surface area (Å²) in [5.74, 6) is -0.676. The lowest BCUT2D eigenvalue weighted by Gasteiger charge is -2.11. The Morgan fingerprint density at radius 2 is 2.06 bits per heavy atom. The summed E-state index contributed by atoms with van der Waals surface area (Å²) >= 11 is 0. The number of rotatable bonds is 4. The summed E-state index contributed by atoms with van der Waals surface area (Å²) in [6, 6.07) is 5.11. The van der Waals surface area contributed by atoms with Gasteiger partial charge in [-0.1, -0.05) is 6.07 Å². The first-order valence-electron chi connectivity index (χ1n) is 5.09. The molecule has 0 aliphatic carbocycles. The van der Waals surface area contributed by atoms with Gasteiger partial charge >= 0.3 is 12.3 Å². The first-order valence-corrected chi connectivity index (χ1v) is 5.09. The second-order valence-electron chi connectivity index (χ2n) is 3.43. The molecule has 0 aliphatic rings. The molecule has 0 bridgehead atoms. The Hall–Kier alpha value is -1.58. The number of esters is 1. The number of carbonyl (C=O) groups is 1. The van der Waals surface area contributed by atoms with Crippen LogP contribution in [0.5, 0.6) is 5.75 Å². The van der Waals surface area contributed by atoms with Gasteiger partial charge in [0.05, 0.1) is 6.61 Å².